The molecule has 0 aromatic carbocycles. The first-order chi connectivity index (χ1) is 8.06. The van der Waals surface area contributed by atoms with E-state index in [1.165, 1.54) is 13.0 Å². The first-order valence-corrected chi connectivity index (χ1v) is 4.70. The molecule has 0 aliphatic heterocycles. The van der Waals surface area contributed by atoms with Gasteiger partial charge in [0.1, 0.15) is 12.3 Å². The Hall–Kier alpha value is -2.51. The second-order valence-electron chi connectivity index (χ2n) is 3.31. The minimum atomic E-state index is -0.632. The zero-order valence-electron chi connectivity index (χ0n) is 8.86. The Balaban J connectivity index is 2.13. The average Bonchev–Trinajstić information content (AvgIpc) is 2.87. The van der Waals surface area contributed by atoms with Gasteiger partial charge in [0, 0.05) is 6.92 Å². The molecule has 2 heterocycles. The molecule has 0 bridgehead atoms. The number of aromatic nitrogens is 3. The molecule has 88 valence electrons. The molecule has 2 rings (SSSR count). The zero-order valence-corrected chi connectivity index (χ0v) is 8.86. The number of rotatable bonds is 4. The van der Waals surface area contributed by atoms with Crippen molar-refractivity contribution in [2.24, 2.45) is 0 Å². The van der Waals surface area contributed by atoms with E-state index >= 15 is 0 Å². The van der Waals surface area contributed by atoms with Gasteiger partial charge in [0.2, 0.25) is 0 Å². The summed E-state index contributed by atoms with van der Waals surface area (Å²) in [4.78, 5) is 21.9. The highest BCUT2D eigenvalue weighted by Gasteiger charge is 2.14. The van der Waals surface area contributed by atoms with Crippen LogP contribution in [0, 0.1) is 10.1 Å². The number of nitro groups is 1. The first-order valence-electron chi connectivity index (χ1n) is 4.70. The average molecular weight is 236 g/mol. The summed E-state index contributed by atoms with van der Waals surface area (Å²) in [5.74, 6) is 0.182. The summed E-state index contributed by atoms with van der Waals surface area (Å²) in [6, 6.07) is 3.14. The van der Waals surface area contributed by atoms with E-state index in [2.05, 4.69) is 10.2 Å². The summed E-state index contributed by atoms with van der Waals surface area (Å²) in [6.45, 7) is 1.53. The van der Waals surface area contributed by atoms with Gasteiger partial charge in [-0.25, -0.2) is 0 Å². The third-order valence-electron chi connectivity index (χ3n) is 2.02. The lowest BCUT2D eigenvalue weighted by molar-refractivity contribution is -0.389. The van der Waals surface area contributed by atoms with Gasteiger partial charge in [0.15, 0.2) is 17.7 Å². The number of Topliss-reactive ketones (excluding diaryl/α,β-unsaturated/α-hetero) is 1. The van der Waals surface area contributed by atoms with Crippen LogP contribution in [0.4, 0.5) is 5.82 Å². The molecule has 8 heteroatoms. The fraction of sp³-hybridized carbons (Fsp3) is 0.222. The first kappa shape index (κ1) is 11.0. The van der Waals surface area contributed by atoms with Crippen molar-refractivity contribution in [2.45, 2.75) is 13.5 Å². The predicted molar refractivity (Wildman–Crippen MR) is 54.5 cm³/mol. The third kappa shape index (κ3) is 2.36. The summed E-state index contributed by atoms with van der Waals surface area (Å²) in [7, 11) is 0. The van der Waals surface area contributed by atoms with Gasteiger partial charge in [-0.05, 0) is 17.1 Å². The molecule has 0 amide bonds. The Morgan fingerprint density at radius 3 is 2.88 bits per heavy atom. The van der Waals surface area contributed by atoms with E-state index in [4.69, 9.17) is 4.42 Å². The van der Waals surface area contributed by atoms with Gasteiger partial charge in [0.05, 0.1) is 5.10 Å². The quantitative estimate of drug-likeness (QED) is 0.446. The standard InChI is InChI=1S/C9H8N4O4/c1-6(14)8-3-2-7(17-8)5-12-10-4-9(11-12)13(15)16/h2-4H,5H2,1H3. The Morgan fingerprint density at radius 1 is 1.59 bits per heavy atom. The Labute approximate surface area is 95.0 Å². The Morgan fingerprint density at radius 2 is 2.35 bits per heavy atom. The fourth-order valence-electron chi connectivity index (χ4n) is 1.24. The summed E-state index contributed by atoms with van der Waals surface area (Å²) in [5, 5.41) is 17.7. The van der Waals surface area contributed by atoms with Crippen molar-refractivity contribution in [2.75, 3.05) is 0 Å². The molecule has 0 aliphatic carbocycles. The van der Waals surface area contributed by atoms with Crippen LogP contribution < -0.4 is 0 Å². The molecular formula is C9H8N4O4. The van der Waals surface area contributed by atoms with Crippen molar-refractivity contribution >= 4 is 11.6 Å². The van der Waals surface area contributed by atoms with Crippen LogP contribution in [0.5, 0.6) is 0 Å². The maximum absolute atomic E-state index is 11.0. The van der Waals surface area contributed by atoms with Gasteiger partial charge >= 0.3 is 5.82 Å². The van der Waals surface area contributed by atoms with Crippen molar-refractivity contribution in [3.8, 4) is 0 Å². The topological polar surface area (TPSA) is 104 Å². The van der Waals surface area contributed by atoms with Gasteiger partial charge < -0.3 is 14.5 Å². The van der Waals surface area contributed by atoms with E-state index in [1.54, 1.807) is 6.07 Å². The predicted octanol–water partition coefficient (Wildman–Crippen LogP) is 1.03. The molecule has 0 aliphatic rings. The SMILES string of the molecule is CC(=O)c1ccc(Cn2ncc([N+](=O)[O-])n2)o1. The van der Waals surface area contributed by atoms with E-state index < -0.39 is 4.92 Å². The number of carbonyl (C=O) groups excluding carboxylic acids is 1. The Kier molecular flexibility index (Phi) is 2.69. The van der Waals surface area contributed by atoms with Gasteiger partial charge in [-0.2, -0.15) is 0 Å². The molecular weight excluding hydrogens is 228 g/mol. The molecule has 17 heavy (non-hydrogen) atoms. The maximum atomic E-state index is 11.0. The molecule has 8 nitrogen and oxygen atoms in total. The zero-order chi connectivity index (χ0) is 12.4. The van der Waals surface area contributed by atoms with Gasteiger partial charge in [0.25, 0.3) is 0 Å². The molecule has 0 spiro atoms. The number of carbonyl (C=O) groups is 1. The van der Waals surface area contributed by atoms with Crippen LogP contribution >= 0.6 is 0 Å². The minimum absolute atomic E-state index is 0.140. The summed E-state index contributed by atoms with van der Waals surface area (Å²) in [5.41, 5.74) is 0. The van der Waals surface area contributed by atoms with Crippen molar-refractivity contribution in [3.63, 3.8) is 0 Å². The molecule has 0 fully saturated rings. The van der Waals surface area contributed by atoms with E-state index in [1.807, 2.05) is 0 Å². The van der Waals surface area contributed by atoms with Crippen LogP contribution in [-0.2, 0) is 6.54 Å². The van der Waals surface area contributed by atoms with Gasteiger partial charge in [-0.15, -0.1) is 5.10 Å². The lowest BCUT2D eigenvalue weighted by atomic mass is 10.3. The summed E-state index contributed by atoms with van der Waals surface area (Å²) >= 11 is 0. The van der Waals surface area contributed by atoms with E-state index in [0.29, 0.717) is 5.76 Å². The summed E-state index contributed by atoms with van der Waals surface area (Å²) in [6.07, 6.45) is 1.05. The van der Waals surface area contributed by atoms with Crippen LogP contribution in [0.2, 0.25) is 0 Å². The molecule has 2 aromatic heterocycles. The lowest BCUT2D eigenvalue weighted by Crippen LogP contribution is -2.03. The van der Waals surface area contributed by atoms with Crippen LogP contribution in [-0.4, -0.2) is 25.7 Å². The molecule has 0 saturated carbocycles. The van der Waals surface area contributed by atoms with Crippen molar-refractivity contribution in [1.82, 2.24) is 15.0 Å². The van der Waals surface area contributed by atoms with E-state index in [9.17, 15) is 14.9 Å². The minimum Gasteiger partial charge on any atom is -0.456 e. The highest BCUT2D eigenvalue weighted by atomic mass is 16.6. The number of ketones is 1. The van der Waals surface area contributed by atoms with Gasteiger partial charge in [-0.1, -0.05) is 4.80 Å². The number of nitrogens with zero attached hydrogens (tertiary/aromatic N) is 4. The molecule has 0 unspecified atom stereocenters. The van der Waals surface area contributed by atoms with E-state index in [0.717, 1.165) is 11.0 Å². The maximum Gasteiger partial charge on any atom is 0.410 e. The normalized spacial score (nSPS) is 10.4. The van der Waals surface area contributed by atoms with Crippen LogP contribution in [0.1, 0.15) is 23.2 Å². The molecule has 2 aromatic rings. The summed E-state index contributed by atoms with van der Waals surface area (Å²) < 4.78 is 5.20. The lowest BCUT2D eigenvalue weighted by Gasteiger charge is -1.91. The largest absolute Gasteiger partial charge is 0.456 e. The fourth-order valence-corrected chi connectivity index (χ4v) is 1.24. The third-order valence-corrected chi connectivity index (χ3v) is 2.02. The van der Waals surface area contributed by atoms with Crippen molar-refractivity contribution in [3.05, 3.63) is 40.0 Å². The number of hydrogen-bond donors (Lipinski definition) is 0. The highest BCUT2D eigenvalue weighted by molar-refractivity contribution is 5.91. The van der Waals surface area contributed by atoms with E-state index in [-0.39, 0.29) is 23.9 Å². The van der Waals surface area contributed by atoms with Crippen LogP contribution in [0.25, 0.3) is 0 Å². The Bertz CT molecular complexity index is 521. The van der Waals surface area contributed by atoms with Crippen LogP contribution in [0.3, 0.4) is 0 Å². The number of hydrogen-bond acceptors (Lipinski definition) is 6. The van der Waals surface area contributed by atoms with Crippen molar-refractivity contribution in [1.29, 1.82) is 0 Å². The molecule has 0 N–H and O–H groups in total. The highest BCUT2D eigenvalue weighted by Crippen LogP contribution is 2.10. The van der Waals surface area contributed by atoms with Crippen LogP contribution in [0.15, 0.2) is 22.7 Å². The molecule has 0 atom stereocenters. The smallest absolute Gasteiger partial charge is 0.410 e. The monoisotopic (exact) mass is 236 g/mol. The van der Waals surface area contributed by atoms with Gasteiger partial charge in [-0.3, -0.25) is 4.79 Å². The number of furan rings is 1. The molecule has 0 saturated heterocycles. The van der Waals surface area contributed by atoms with Crippen molar-refractivity contribution < 1.29 is 14.1 Å². The molecule has 0 radical (unpaired) electrons. The second kappa shape index (κ2) is 4.16. The second-order valence-corrected chi connectivity index (χ2v) is 3.31.